The van der Waals surface area contributed by atoms with Gasteiger partial charge in [-0.2, -0.15) is 0 Å². The first-order chi connectivity index (χ1) is 3.77. The van der Waals surface area contributed by atoms with Gasteiger partial charge in [-0.15, -0.1) is 0 Å². The second kappa shape index (κ2) is 1.88. The van der Waals surface area contributed by atoms with Gasteiger partial charge in [-0.25, -0.2) is 0 Å². The maximum Gasteiger partial charge on any atom is 0.0961 e. The standard InChI is InChI=1S/C6H11NO/c1-6(5-7)3-2-4-8-6/h2-3H,4-5,7H2,1H3. The molecule has 0 fully saturated rings. The van der Waals surface area contributed by atoms with Gasteiger partial charge in [-0.3, -0.25) is 0 Å². The summed E-state index contributed by atoms with van der Waals surface area (Å²) in [4.78, 5) is 0. The summed E-state index contributed by atoms with van der Waals surface area (Å²) in [7, 11) is 0. The normalized spacial score (nSPS) is 36.2. The molecule has 2 N–H and O–H groups in total. The summed E-state index contributed by atoms with van der Waals surface area (Å²) in [6, 6.07) is 0. The molecule has 0 aromatic carbocycles. The van der Waals surface area contributed by atoms with Crippen molar-refractivity contribution in [3.63, 3.8) is 0 Å². The zero-order chi connectivity index (χ0) is 6.04. The van der Waals surface area contributed by atoms with Crippen LogP contribution >= 0.6 is 0 Å². The minimum atomic E-state index is -0.167. The summed E-state index contributed by atoms with van der Waals surface area (Å²) in [5.74, 6) is 0. The smallest absolute Gasteiger partial charge is 0.0961 e. The average molecular weight is 113 g/mol. The van der Waals surface area contributed by atoms with Crippen molar-refractivity contribution in [3.05, 3.63) is 12.2 Å². The Labute approximate surface area is 49.3 Å². The van der Waals surface area contributed by atoms with Crippen LogP contribution in [-0.2, 0) is 4.74 Å². The minimum absolute atomic E-state index is 0.167. The Morgan fingerprint density at radius 3 is 2.88 bits per heavy atom. The monoisotopic (exact) mass is 113 g/mol. The molecule has 1 atom stereocenters. The van der Waals surface area contributed by atoms with E-state index in [9.17, 15) is 0 Å². The van der Waals surface area contributed by atoms with Gasteiger partial charge in [0.25, 0.3) is 0 Å². The van der Waals surface area contributed by atoms with E-state index in [1.165, 1.54) is 0 Å². The van der Waals surface area contributed by atoms with Gasteiger partial charge in [-0.05, 0) is 6.92 Å². The summed E-state index contributed by atoms with van der Waals surface area (Å²) in [6.07, 6.45) is 4.00. The van der Waals surface area contributed by atoms with Crippen molar-refractivity contribution in [3.8, 4) is 0 Å². The molecule has 0 aliphatic carbocycles. The van der Waals surface area contributed by atoms with Gasteiger partial charge in [-0.1, -0.05) is 12.2 Å². The molecular weight excluding hydrogens is 102 g/mol. The van der Waals surface area contributed by atoms with Crippen molar-refractivity contribution in [2.24, 2.45) is 5.73 Å². The third-order valence-electron chi connectivity index (χ3n) is 1.39. The third-order valence-corrected chi connectivity index (χ3v) is 1.39. The molecule has 0 saturated carbocycles. The lowest BCUT2D eigenvalue weighted by atomic mass is 10.1. The van der Waals surface area contributed by atoms with Crippen LogP contribution in [0.3, 0.4) is 0 Å². The maximum absolute atomic E-state index is 5.39. The predicted molar refractivity (Wildman–Crippen MR) is 32.6 cm³/mol. The molecule has 0 spiro atoms. The van der Waals surface area contributed by atoms with Gasteiger partial charge in [0, 0.05) is 6.54 Å². The average Bonchev–Trinajstić information content (AvgIpc) is 2.17. The van der Waals surface area contributed by atoms with E-state index in [1.54, 1.807) is 0 Å². The number of rotatable bonds is 1. The van der Waals surface area contributed by atoms with Crippen LogP contribution in [0, 0.1) is 0 Å². The molecule has 1 aliphatic rings. The molecule has 2 heteroatoms. The Kier molecular flexibility index (Phi) is 1.36. The molecule has 0 amide bonds. The molecule has 2 nitrogen and oxygen atoms in total. The quantitative estimate of drug-likeness (QED) is 0.496. The Bertz CT molecular complexity index is 111. The number of hydrogen-bond donors (Lipinski definition) is 1. The van der Waals surface area contributed by atoms with Crippen molar-refractivity contribution in [1.82, 2.24) is 0 Å². The van der Waals surface area contributed by atoms with Gasteiger partial charge in [0.15, 0.2) is 0 Å². The lowest BCUT2D eigenvalue weighted by Gasteiger charge is -2.18. The van der Waals surface area contributed by atoms with E-state index in [0.717, 1.165) is 0 Å². The third kappa shape index (κ3) is 0.904. The van der Waals surface area contributed by atoms with E-state index < -0.39 is 0 Å². The SMILES string of the molecule is CC1(CN)C=CCO1. The van der Waals surface area contributed by atoms with Crippen molar-refractivity contribution in [2.75, 3.05) is 13.2 Å². The Hall–Kier alpha value is -0.340. The van der Waals surface area contributed by atoms with Crippen LogP contribution < -0.4 is 5.73 Å². The van der Waals surface area contributed by atoms with Crippen molar-refractivity contribution in [1.29, 1.82) is 0 Å². The van der Waals surface area contributed by atoms with E-state index in [2.05, 4.69) is 0 Å². The zero-order valence-electron chi connectivity index (χ0n) is 5.05. The minimum Gasteiger partial charge on any atom is -0.366 e. The molecule has 1 aliphatic heterocycles. The molecule has 0 bridgehead atoms. The van der Waals surface area contributed by atoms with Gasteiger partial charge in [0.2, 0.25) is 0 Å². The Balaban J connectivity index is 2.54. The molecule has 46 valence electrons. The van der Waals surface area contributed by atoms with Crippen molar-refractivity contribution in [2.45, 2.75) is 12.5 Å². The fourth-order valence-electron chi connectivity index (χ4n) is 0.711. The first-order valence-electron chi connectivity index (χ1n) is 2.78. The van der Waals surface area contributed by atoms with Gasteiger partial charge >= 0.3 is 0 Å². The lowest BCUT2D eigenvalue weighted by Crippen LogP contribution is -2.32. The van der Waals surface area contributed by atoms with E-state index in [4.69, 9.17) is 10.5 Å². The first kappa shape index (κ1) is 5.79. The van der Waals surface area contributed by atoms with Crippen LogP contribution in [0.5, 0.6) is 0 Å². The zero-order valence-corrected chi connectivity index (χ0v) is 5.05. The molecule has 8 heavy (non-hydrogen) atoms. The first-order valence-corrected chi connectivity index (χ1v) is 2.78. The Morgan fingerprint density at radius 2 is 2.62 bits per heavy atom. The van der Waals surface area contributed by atoms with Crippen LogP contribution in [-0.4, -0.2) is 18.8 Å². The fourth-order valence-corrected chi connectivity index (χ4v) is 0.711. The van der Waals surface area contributed by atoms with Gasteiger partial charge in [0.05, 0.1) is 12.2 Å². The van der Waals surface area contributed by atoms with Crippen LogP contribution in [0.1, 0.15) is 6.92 Å². The number of nitrogens with two attached hydrogens (primary N) is 1. The topological polar surface area (TPSA) is 35.2 Å². The van der Waals surface area contributed by atoms with Crippen molar-refractivity contribution >= 4 is 0 Å². The van der Waals surface area contributed by atoms with Gasteiger partial charge in [0.1, 0.15) is 0 Å². The summed E-state index contributed by atoms with van der Waals surface area (Å²) >= 11 is 0. The van der Waals surface area contributed by atoms with E-state index in [0.29, 0.717) is 13.2 Å². The molecule has 0 radical (unpaired) electrons. The highest BCUT2D eigenvalue weighted by molar-refractivity contribution is 5.05. The maximum atomic E-state index is 5.39. The van der Waals surface area contributed by atoms with E-state index >= 15 is 0 Å². The number of ether oxygens (including phenoxy) is 1. The highest BCUT2D eigenvalue weighted by Gasteiger charge is 2.21. The highest BCUT2D eigenvalue weighted by Crippen LogP contribution is 2.15. The van der Waals surface area contributed by atoms with Crippen LogP contribution in [0.4, 0.5) is 0 Å². The summed E-state index contributed by atoms with van der Waals surface area (Å²) < 4.78 is 5.25. The molecule has 0 aromatic heterocycles. The fraction of sp³-hybridized carbons (Fsp3) is 0.667. The predicted octanol–water partition coefficient (Wildman–Crippen LogP) is 0.290. The largest absolute Gasteiger partial charge is 0.366 e. The van der Waals surface area contributed by atoms with Crippen LogP contribution in [0.15, 0.2) is 12.2 Å². The summed E-state index contributed by atoms with van der Waals surface area (Å²) in [6.45, 7) is 3.27. The number of hydrogen-bond acceptors (Lipinski definition) is 2. The van der Waals surface area contributed by atoms with Crippen LogP contribution in [0.25, 0.3) is 0 Å². The van der Waals surface area contributed by atoms with Crippen LogP contribution in [0.2, 0.25) is 0 Å². The van der Waals surface area contributed by atoms with E-state index in [-0.39, 0.29) is 5.60 Å². The second-order valence-electron chi connectivity index (χ2n) is 2.23. The second-order valence-corrected chi connectivity index (χ2v) is 2.23. The molecule has 1 rings (SSSR count). The lowest BCUT2D eigenvalue weighted by molar-refractivity contribution is 0.0490. The summed E-state index contributed by atoms with van der Waals surface area (Å²) in [5.41, 5.74) is 5.23. The highest BCUT2D eigenvalue weighted by atomic mass is 16.5. The molecule has 1 heterocycles. The van der Waals surface area contributed by atoms with Crippen molar-refractivity contribution < 1.29 is 4.74 Å². The molecule has 0 aromatic rings. The van der Waals surface area contributed by atoms with E-state index in [1.807, 2.05) is 19.1 Å². The molecular formula is C6H11NO. The molecule has 1 unspecified atom stereocenters. The van der Waals surface area contributed by atoms with Gasteiger partial charge < -0.3 is 10.5 Å². The summed E-state index contributed by atoms with van der Waals surface area (Å²) in [5, 5.41) is 0. The molecule has 0 saturated heterocycles. The Morgan fingerprint density at radius 1 is 1.88 bits per heavy atom.